The molecule has 212 valence electrons. The van der Waals surface area contributed by atoms with E-state index in [0.717, 1.165) is 6.07 Å². The molecular weight excluding hydrogens is 568 g/mol. The lowest BCUT2D eigenvalue weighted by Crippen LogP contribution is -2.21. The number of hydrogen-bond donors (Lipinski definition) is 2. The van der Waals surface area contributed by atoms with Gasteiger partial charge in [-0.05, 0) is 48.5 Å². The molecule has 0 saturated heterocycles. The van der Waals surface area contributed by atoms with Crippen molar-refractivity contribution in [3.63, 3.8) is 0 Å². The minimum Gasteiger partial charge on any atom is -0.495 e. The predicted molar refractivity (Wildman–Crippen MR) is 145 cm³/mol. The first-order valence-electron chi connectivity index (χ1n) is 11.3. The highest BCUT2D eigenvalue weighted by molar-refractivity contribution is 7.92. The molecule has 14 heteroatoms. The van der Waals surface area contributed by atoms with Crippen molar-refractivity contribution in [3.8, 4) is 17.2 Å². The second kappa shape index (κ2) is 13.0. The Kier molecular flexibility index (Phi) is 9.80. The molecule has 0 atom stereocenters. The van der Waals surface area contributed by atoms with Crippen LogP contribution in [0.1, 0.15) is 20.7 Å². The number of rotatable bonds is 11. The van der Waals surface area contributed by atoms with Crippen molar-refractivity contribution in [1.82, 2.24) is 0 Å². The molecule has 1 amide bonds. The van der Waals surface area contributed by atoms with Crippen LogP contribution in [0.4, 0.5) is 11.4 Å². The van der Waals surface area contributed by atoms with Gasteiger partial charge in [0.15, 0.2) is 6.61 Å². The van der Waals surface area contributed by atoms with Gasteiger partial charge in [-0.2, -0.15) is 0 Å². The molecule has 0 spiro atoms. The fourth-order valence-electron chi connectivity index (χ4n) is 3.37. The molecular formula is C26H25ClN2O10S. The monoisotopic (exact) mass is 592 g/mol. The summed E-state index contributed by atoms with van der Waals surface area (Å²) in [4.78, 5) is 36.0. The number of benzene rings is 3. The molecule has 0 fully saturated rings. The molecule has 3 aromatic carbocycles. The van der Waals surface area contributed by atoms with Crippen LogP contribution in [0.2, 0.25) is 5.02 Å². The third-order valence-electron chi connectivity index (χ3n) is 5.33. The van der Waals surface area contributed by atoms with Crippen LogP contribution in [0.15, 0.2) is 59.5 Å². The third-order valence-corrected chi connectivity index (χ3v) is 7.01. The van der Waals surface area contributed by atoms with Gasteiger partial charge in [0, 0.05) is 11.8 Å². The SMILES string of the molecule is COC(=O)c1ccc(NC(=O)COC(=O)c2ccc(OC)c(S(=O)(=O)Nc3cc(Cl)c(OC)cc3OC)c2)cc1. The van der Waals surface area contributed by atoms with Crippen molar-refractivity contribution in [3.05, 3.63) is 70.7 Å². The molecule has 0 aliphatic rings. The Bertz CT molecular complexity index is 1530. The van der Waals surface area contributed by atoms with Crippen LogP contribution in [-0.4, -0.2) is 61.3 Å². The molecule has 0 heterocycles. The van der Waals surface area contributed by atoms with Gasteiger partial charge < -0.3 is 29.0 Å². The van der Waals surface area contributed by atoms with Gasteiger partial charge in [-0.25, -0.2) is 18.0 Å². The molecule has 0 bridgehead atoms. The van der Waals surface area contributed by atoms with E-state index in [1.165, 1.54) is 77.0 Å². The average molecular weight is 593 g/mol. The molecule has 2 N–H and O–H groups in total. The highest BCUT2D eigenvalue weighted by Gasteiger charge is 2.25. The summed E-state index contributed by atoms with van der Waals surface area (Å²) in [5.41, 5.74) is 0.502. The zero-order valence-corrected chi connectivity index (χ0v) is 23.3. The van der Waals surface area contributed by atoms with Crippen LogP contribution < -0.4 is 24.2 Å². The van der Waals surface area contributed by atoms with Crippen LogP contribution in [-0.2, 0) is 24.3 Å². The maximum absolute atomic E-state index is 13.3. The van der Waals surface area contributed by atoms with Crippen molar-refractivity contribution in [2.24, 2.45) is 0 Å². The summed E-state index contributed by atoms with van der Waals surface area (Å²) in [5.74, 6) is -1.81. The minimum absolute atomic E-state index is 0.0135. The molecule has 0 aliphatic carbocycles. The average Bonchev–Trinajstić information content (AvgIpc) is 2.95. The lowest BCUT2D eigenvalue weighted by atomic mass is 10.2. The standard InChI is InChI=1S/C26H25ClN2O10S/c1-35-20-10-7-16(26(32)39-14-24(30)28-17-8-5-15(6-9-17)25(31)38-4)11-23(20)40(33,34)29-19-12-18(27)21(36-2)13-22(19)37-3/h5-13,29H,14H2,1-4H3,(H,28,30). The predicted octanol–water partition coefficient (Wildman–Crippen LogP) is 3.75. The maximum atomic E-state index is 13.3. The zero-order valence-electron chi connectivity index (χ0n) is 21.8. The first-order valence-corrected chi connectivity index (χ1v) is 13.2. The summed E-state index contributed by atoms with van der Waals surface area (Å²) in [6.45, 7) is -0.661. The van der Waals surface area contributed by atoms with E-state index in [9.17, 15) is 22.8 Å². The summed E-state index contributed by atoms with van der Waals surface area (Å²) >= 11 is 6.14. The Morgan fingerprint density at radius 1 is 0.775 bits per heavy atom. The third kappa shape index (κ3) is 7.12. The van der Waals surface area contributed by atoms with E-state index in [0.29, 0.717) is 11.3 Å². The zero-order chi connectivity index (χ0) is 29.4. The Labute approximate surface area is 235 Å². The van der Waals surface area contributed by atoms with E-state index >= 15 is 0 Å². The van der Waals surface area contributed by atoms with Crippen LogP contribution in [0.25, 0.3) is 0 Å². The fourth-order valence-corrected chi connectivity index (χ4v) is 4.87. The lowest BCUT2D eigenvalue weighted by Gasteiger charge is -2.16. The van der Waals surface area contributed by atoms with Gasteiger partial charge in [-0.3, -0.25) is 9.52 Å². The Morgan fingerprint density at radius 2 is 1.40 bits per heavy atom. The number of nitrogens with one attached hydrogen (secondary N) is 2. The number of esters is 2. The van der Waals surface area contributed by atoms with Crippen LogP contribution >= 0.6 is 11.6 Å². The van der Waals surface area contributed by atoms with Gasteiger partial charge in [0.25, 0.3) is 15.9 Å². The number of ether oxygens (including phenoxy) is 5. The van der Waals surface area contributed by atoms with Crippen molar-refractivity contribution < 1.29 is 46.5 Å². The lowest BCUT2D eigenvalue weighted by molar-refractivity contribution is -0.119. The van der Waals surface area contributed by atoms with Crippen LogP contribution in [0.3, 0.4) is 0 Å². The van der Waals surface area contributed by atoms with E-state index in [1.54, 1.807) is 0 Å². The number of carbonyl (C=O) groups is 3. The highest BCUT2D eigenvalue weighted by atomic mass is 35.5. The largest absolute Gasteiger partial charge is 0.495 e. The summed E-state index contributed by atoms with van der Waals surface area (Å²) < 4.78 is 54.1. The normalized spacial score (nSPS) is 10.7. The van der Waals surface area contributed by atoms with E-state index in [4.69, 9.17) is 30.5 Å². The number of methoxy groups -OCH3 is 4. The molecule has 12 nitrogen and oxygen atoms in total. The van der Waals surface area contributed by atoms with E-state index in [2.05, 4.69) is 14.8 Å². The summed E-state index contributed by atoms with van der Waals surface area (Å²) in [5, 5.41) is 2.64. The molecule has 0 aromatic heterocycles. The quantitative estimate of drug-likeness (QED) is 0.314. The second-order valence-corrected chi connectivity index (χ2v) is 9.91. The van der Waals surface area contributed by atoms with E-state index in [1.807, 2.05) is 0 Å². The van der Waals surface area contributed by atoms with Gasteiger partial charge in [0.05, 0.1) is 50.3 Å². The first kappa shape index (κ1) is 30.1. The number of halogens is 1. The number of hydrogen-bond acceptors (Lipinski definition) is 10. The van der Waals surface area contributed by atoms with E-state index < -0.39 is 34.5 Å². The van der Waals surface area contributed by atoms with Crippen molar-refractivity contribution in [2.45, 2.75) is 4.90 Å². The Hall–Kier alpha value is -4.49. The van der Waals surface area contributed by atoms with Crippen molar-refractivity contribution >= 4 is 50.8 Å². The molecule has 0 radical (unpaired) electrons. The molecule has 0 saturated carbocycles. The van der Waals surface area contributed by atoms with Crippen LogP contribution in [0, 0.1) is 0 Å². The second-order valence-electron chi connectivity index (χ2n) is 7.85. The number of sulfonamides is 1. The first-order chi connectivity index (χ1) is 19.0. The topological polar surface area (TPSA) is 156 Å². The molecule has 0 aliphatic heterocycles. The van der Waals surface area contributed by atoms with Gasteiger partial charge >= 0.3 is 11.9 Å². The van der Waals surface area contributed by atoms with E-state index in [-0.39, 0.29) is 38.4 Å². The Morgan fingerprint density at radius 3 is 2.00 bits per heavy atom. The summed E-state index contributed by atoms with van der Waals surface area (Å²) in [6.07, 6.45) is 0. The van der Waals surface area contributed by atoms with Crippen molar-refractivity contribution in [1.29, 1.82) is 0 Å². The molecule has 3 rings (SSSR count). The number of carbonyl (C=O) groups excluding carboxylic acids is 3. The number of anilines is 2. The van der Waals surface area contributed by atoms with Gasteiger partial charge in [-0.1, -0.05) is 11.6 Å². The Balaban J connectivity index is 1.75. The summed E-state index contributed by atoms with van der Waals surface area (Å²) in [7, 11) is 0.907. The molecule has 3 aromatic rings. The maximum Gasteiger partial charge on any atom is 0.338 e. The molecule has 0 unspecified atom stereocenters. The summed E-state index contributed by atoms with van der Waals surface area (Å²) in [6, 6.07) is 12.2. The minimum atomic E-state index is -4.34. The number of amides is 1. The highest BCUT2D eigenvalue weighted by Crippen LogP contribution is 2.37. The fraction of sp³-hybridized carbons (Fsp3) is 0.192. The van der Waals surface area contributed by atoms with Crippen molar-refractivity contribution in [2.75, 3.05) is 45.1 Å². The molecule has 40 heavy (non-hydrogen) atoms. The van der Waals surface area contributed by atoms with Gasteiger partial charge in [-0.15, -0.1) is 0 Å². The van der Waals surface area contributed by atoms with Gasteiger partial charge in [0.1, 0.15) is 22.1 Å². The smallest absolute Gasteiger partial charge is 0.338 e. The van der Waals surface area contributed by atoms with Gasteiger partial charge in [0.2, 0.25) is 0 Å². The van der Waals surface area contributed by atoms with Crippen LogP contribution in [0.5, 0.6) is 17.2 Å².